The molecular weight excluding hydrogens is 498 g/mol. The van der Waals surface area contributed by atoms with Crippen LogP contribution >= 0.6 is 0 Å². The van der Waals surface area contributed by atoms with Crippen LogP contribution in [0.4, 0.5) is 0 Å². The van der Waals surface area contributed by atoms with Crippen LogP contribution in [0.3, 0.4) is 0 Å². The number of aryl methyl sites for hydroxylation is 1. The van der Waals surface area contributed by atoms with Crippen LogP contribution in [0.15, 0.2) is 36.7 Å². The Morgan fingerprint density at radius 3 is 2.54 bits per heavy atom. The highest BCUT2D eigenvalue weighted by Crippen LogP contribution is 2.42. The summed E-state index contributed by atoms with van der Waals surface area (Å²) in [6, 6.07) is 7.09. The Morgan fingerprint density at radius 1 is 1.08 bits per heavy atom. The first kappa shape index (κ1) is 28.8. The van der Waals surface area contributed by atoms with E-state index in [1.54, 1.807) is 18.5 Å². The summed E-state index contributed by atoms with van der Waals surface area (Å²) in [6.45, 7) is 5.27. The number of hydrogen-bond donors (Lipinski definition) is 1. The molecule has 1 aromatic carbocycles. The Balaban J connectivity index is 1.56. The molecule has 1 fully saturated rings. The summed E-state index contributed by atoms with van der Waals surface area (Å²) in [5.41, 5.74) is 0.886. The van der Waals surface area contributed by atoms with Crippen LogP contribution in [-0.2, 0) is 16.0 Å². The van der Waals surface area contributed by atoms with Gasteiger partial charge in [-0.05, 0) is 63.7 Å². The number of fused-ring (bicyclic) bond motifs is 1. The molecule has 0 spiro atoms. The molecule has 3 atom stereocenters. The zero-order valence-electron chi connectivity index (χ0n) is 23.3. The second-order valence-electron chi connectivity index (χ2n) is 10.7. The molecule has 0 aliphatic carbocycles. The minimum atomic E-state index is -0.861. The maximum Gasteiger partial charge on any atom is 0.308 e. The summed E-state index contributed by atoms with van der Waals surface area (Å²) in [5, 5.41) is 10.4. The predicted octanol–water partition coefficient (Wildman–Crippen LogP) is 2.89. The second kappa shape index (κ2) is 13.7. The molecule has 1 N–H and O–H groups in total. The average Bonchev–Trinajstić information content (AvgIpc) is 3.54. The lowest BCUT2D eigenvalue weighted by molar-refractivity contribution is -0.143. The van der Waals surface area contributed by atoms with Crippen molar-refractivity contribution in [3.63, 3.8) is 0 Å². The summed E-state index contributed by atoms with van der Waals surface area (Å²) in [4.78, 5) is 41.2. The van der Waals surface area contributed by atoms with E-state index in [1.165, 1.54) is 0 Å². The van der Waals surface area contributed by atoms with Gasteiger partial charge in [0.05, 0.1) is 12.5 Å². The molecule has 0 bridgehead atoms. The lowest BCUT2D eigenvalue weighted by atomic mass is 9.83. The second-order valence-corrected chi connectivity index (χ2v) is 10.7. The van der Waals surface area contributed by atoms with Gasteiger partial charge < -0.3 is 24.4 Å². The fraction of sp³-hybridized carbons (Fsp3) is 0.586. The highest BCUT2D eigenvalue weighted by atomic mass is 16.7. The third kappa shape index (κ3) is 7.45. The smallest absolute Gasteiger partial charge is 0.308 e. The van der Waals surface area contributed by atoms with Crippen molar-refractivity contribution < 1.29 is 24.2 Å². The van der Waals surface area contributed by atoms with Crippen LogP contribution in [0.5, 0.6) is 11.5 Å². The molecule has 10 heteroatoms. The molecule has 1 saturated heterocycles. The third-order valence-electron chi connectivity index (χ3n) is 7.65. The van der Waals surface area contributed by atoms with Crippen molar-refractivity contribution in [2.75, 3.05) is 53.6 Å². The Morgan fingerprint density at radius 2 is 1.82 bits per heavy atom. The number of aliphatic carboxylic acids is 1. The van der Waals surface area contributed by atoms with Crippen LogP contribution in [0.2, 0.25) is 0 Å². The Bertz CT molecular complexity index is 1100. The zero-order valence-corrected chi connectivity index (χ0v) is 23.3. The standard InChI is InChI=1S/C29H41N5O5/c1-4-5-15-33(16-7-14-32(2)3)27(35)19-34-18-22(21-8-10-24-25(17-21)39-20-38-24)28(29(36)37)23(34)9-11-26-30-12-6-13-31-26/h6,8,10,12-13,17,22-23,28H,4-5,7,9,11,14-16,18-20H2,1-3H3,(H,36,37). The van der Waals surface area contributed by atoms with Crippen molar-refractivity contribution in [2.45, 2.75) is 51.0 Å². The summed E-state index contributed by atoms with van der Waals surface area (Å²) < 4.78 is 11.0. The third-order valence-corrected chi connectivity index (χ3v) is 7.65. The molecule has 2 aliphatic rings. The van der Waals surface area contributed by atoms with Gasteiger partial charge in [0.25, 0.3) is 0 Å². The number of rotatable bonds is 14. The first-order chi connectivity index (χ1) is 18.9. The van der Waals surface area contributed by atoms with E-state index in [4.69, 9.17) is 9.47 Å². The van der Waals surface area contributed by atoms with E-state index in [1.807, 2.05) is 37.2 Å². The number of carbonyl (C=O) groups excluding carboxylic acids is 1. The molecule has 1 aromatic heterocycles. The fourth-order valence-corrected chi connectivity index (χ4v) is 5.63. The Labute approximate surface area is 230 Å². The molecule has 0 radical (unpaired) electrons. The number of ether oxygens (including phenoxy) is 2. The van der Waals surface area contributed by atoms with Gasteiger partial charge in [-0.3, -0.25) is 14.5 Å². The molecule has 0 saturated carbocycles. The van der Waals surface area contributed by atoms with Gasteiger partial charge >= 0.3 is 5.97 Å². The molecule has 39 heavy (non-hydrogen) atoms. The molecule has 2 aliphatic heterocycles. The number of hydrogen-bond acceptors (Lipinski definition) is 8. The van der Waals surface area contributed by atoms with Crippen LogP contribution in [0.25, 0.3) is 0 Å². The first-order valence-corrected chi connectivity index (χ1v) is 13.9. The lowest BCUT2D eigenvalue weighted by Crippen LogP contribution is -2.45. The molecule has 3 heterocycles. The number of unbranched alkanes of at least 4 members (excludes halogenated alkanes) is 1. The van der Waals surface area contributed by atoms with E-state index in [9.17, 15) is 14.7 Å². The van der Waals surface area contributed by atoms with E-state index in [-0.39, 0.29) is 31.2 Å². The molecule has 212 valence electrons. The number of carboxylic acids is 1. The SMILES string of the molecule is CCCCN(CCCN(C)C)C(=O)CN1CC(c2ccc3c(c2)OCO3)C(C(=O)O)C1CCc1ncccn1. The van der Waals surface area contributed by atoms with E-state index in [0.717, 1.165) is 31.4 Å². The van der Waals surface area contributed by atoms with Crippen molar-refractivity contribution >= 4 is 11.9 Å². The number of carboxylic acid groups (broad SMARTS) is 1. The minimum Gasteiger partial charge on any atom is -0.481 e. The summed E-state index contributed by atoms with van der Waals surface area (Å²) in [5.74, 6) is 0.195. The lowest BCUT2D eigenvalue weighted by Gasteiger charge is -2.30. The summed E-state index contributed by atoms with van der Waals surface area (Å²) in [6.07, 6.45) is 7.33. The van der Waals surface area contributed by atoms with Crippen LogP contribution in [0.1, 0.15) is 49.9 Å². The topological polar surface area (TPSA) is 108 Å². The molecule has 1 amide bonds. The number of benzene rings is 1. The monoisotopic (exact) mass is 539 g/mol. The Kier molecular flexibility index (Phi) is 10.1. The average molecular weight is 540 g/mol. The highest BCUT2D eigenvalue weighted by molar-refractivity contribution is 5.79. The zero-order chi connectivity index (χ0) is 27.8. The van der Waals surface area contributed by atoms with E-state index >= 15 is 0 Å². The quantitative estimate of drug-likeness (QED) is 0.388. The van der Waals surface area contributed by atoms with Crippen molar-refractivity contribution in [3.8, 4) is 11.5 Å². The van der Waals surface area contributed by atoms with Gasteiger partial charge in [-0.25, -0.2) is 9.97 Å². The fourth-order valence-electron chi connectivity index (χ4n) is 5.63. The number of amides is 1. The van der Waals surface area contributed by atoms with Gasteiger partial charge in [0.15, 0.2) is 11.5 Å². The van der Waals surface area contributed by atoms with Gasteiger partial charge in [-0.1, -0.05) is 19.4 Å². The van der Waals surface area contributed by atoms with Crippen LogP contribution in [-0.4, -0.2) is 101 Å². The van der Waals surface area contributed by atoms with E-state index in [2.05, 4.69) is 26.7 Å². The molecule has 2 aromatic rings. The van der Waals surface area contributed by atoms with Crippen molar-refractivity contribution in [1.82, 2.24) is 24.7 Å². The minimum absolute atomic E-state index is 0.0543. The number of aromatic nitrogens is 2. The number of carbonyl (C=O) groups is 2. The predicted molar refractivity (Wildman–Crippen MR) is 147 cm³/mol. The van der Waals surface area contributed by atoms with Gasteiger partial charge in [0.1, 0.15) is 5.82 Å². The summed E-state index contributed by atoms with van der Waals surface area (Å²) in [7, 11) is 4.07. The van der Waals surface area contributed by atoms with Gasteiger partial charge in [0.2, 0.25) is 12.7 Å². The van der Waals surface area contributed by atoms with Crippen molar-refractivity contribution in [3.05, 3.63) is 48.0 Å². The molecular formula is C29H41N5O5. The number of nitrogens with zero attached hydrogens (tertiary/aromatic N) is 5. The van der Waals surface area contributed by atoms with Crippen molar-refractivity contribution in [1.29, 1.82) is 0 Å². The van der Waals surface area contributed by atoms with E-state index < -0.39 is 11.9 Å². The molecule has 3 unspecified atom stereocenters. The first-order valence-electron chi connectivity index (χ1n) is 13.9. The maximum atomic E-state index is 13.6. The molecule has 4 rings (SSSR count). The summed E-state index contributed by atoms with van der Waals surface area (Å²) >= 11 is 0. The molecule has 10 nitrogen and oxygen atoms in total. The van der Waals surface area contributed by atoms with Crippen molar-refractivity contribution in [2.24, 2.45) is 5.92 Å². The van der Waals surface area contributed by atoms with Gasteiger partial charge in [-0.2, -0.15) is 0 Å². The van der Waals surface area contributed by atoms with Gasteiger partial charge in [-0.15, -0.1) is 0 Å². The maximum absolute atomic E-state index is 13.6. The van der Waals surface area contributed by atoms with Crippen LogP contribution < -0.4 is 9.47 Å². The largest absolute Gasteiger partial charge is 0.481 e. The van der Waals surface area contributed by atoms with Gasteiger partial charge in [0, 0.05) is 50.4 Å². The number of likely N-dealkylation sites (tertiary alicyclic amines) is 1. The highest BCUT2D eigenvalue weighted by Gasteiger charge is 2.47. The normalized spacial score (nSPS) is 20.5. The van der Waals surface area contributed by atoms with E-state index in [0.29, 0.717) is 49.8 Å². The van der Waals surface area contributed by atoms with Crippen LogP contribution in [0, 0.1) is 5.92 Å². The Hall–Kier alpha value is -3.24.